The first-order valence-corrected chi connectivity index (χ1v) is 23.8. The molecule has 0 saturated heterocycles. The predicted octanol–water partition coefficient (Wildman–Crippen LogP) is 14.0. The highest BCUT2D eigenvalue weighted by atomic mass is 16.5. The molecule has 10 heteroatoms. The number of esters is 2. The van der Waals surface area contributed by atoms with Gasteiger partial charge in [0, 0.05) is 24.0 Å². The van der Waals surface area contributed by atoms with E-state index in [1.54, 1.807) is 48.5 Å². The van der Waals surface area contributed by atoms with Crippen LogP contribution in [0, 0.1) is 0 Å². The quantitative estimate of drug-likeness (QED) is 0.0249. The highest BCUT2D eigenvalue weighted by Gasteiger charge is 2.16. The third-order valence-corrected chi connectivity index (χ3v) is 11.5. The number of hydrogen-bond donors (Lipinski definition) is 0. The van der Waals surface area contributed by atoms with Crippen molar-refractivity contribution < 1.29 is 27.9 Å². The average molecular weight is 849 g/mol. The Kier molecular flexibility index (Phi) is 20.9. The predicted molar refractivity (Wildman–Crippen MR) is 248 cm³/mol. The fraction of sp³-hybridized carbons (Fsp3) is 0.538. The molecule has 0 spiro atoms. The lowest BCUT2D eigenvalue weighted by Crippen LogP contribution is -2.09. The number of nitrogens with zero attached hydrogens (tertiary/aromatic N) is 2. The smallest absolute Gasteiger partial charge is 0.347 e. The number of benzene rings is 3. The monoisotopic (exact) mass is 848 g/mol. The zero-order valence-corrected chi connectivity index (χ0v) is 37.3. The fourth-order valence-electron chi connectivity index (χ4n) is 7.85. The molecular formula is C52H68N2O8. The van der Waals surface area contributed by atoms with Crippen LogP contribution in [0.2, 0.25) is 0 Å². The van der Waals surface area contributed by atoms with Gasteiger partial charge in [-0.05, 0) is 67.4 Å². The lowest BCUT2D eigenvalue weighted by molar-refractivity contribution is -0.135. The van der Waals surface area contributed by atoms with Crippen molar-refractivity contribution in [3.8, 4) is 34.4 Å². The van der Waals surface area contributed by atoms with Crippen LogP contribution in [0.1, 0.15) is 181 Å². The number of aromatic nitrogens is 2. The van der Waals surface area contributed by atoms with Crippen molar-refractivity contribution in [2.45, 2.75) is 181 Å². The van der Waals surface area contributed by atoms with E-state index in [1.807, 2.05) is 0 Å². The van der Waals surface area contributed by atoms with Crippen LogP contribution < -0.4 is 20.7 Å². The summed E-state index contributed by atoms with van der Waals surface area (Å²) >= 11 is 0. The number of carbonyl (C=O) groups excluding carboxylic acids is 2. The summed E-state index contributed by atoms with van der Waals surface area (Å²) in [6.07, 6.45) is 29.8. The summed E-state index contributed by atoms with van der Waals surface area (Å²) in [6, 6.07) is 16.3. The second-order valence-corrected chi connectivity index (χ2v) is 16.8. The normalized spacial score (nSPS) is 11.4. The molecule has 334 valence electrons. The summed E-state index contributed by atoms with van der Waals surface area (Å²) in [4.78, 5) is 60.5. The average Bonchev–Trinajstić information content (AvgIpc) is 3.27. The van der Waals surface area contributed by atoms with Gasteiger partial charge in [0.05, 0.1) is 21.8 Å². The molecule has 0 fully saturated rings. The van der Waals surface area contributed by atoms with Crippen molar-refractivity contribution in [1.82, 2.24) is 9.97 Å². The lowest BCUT2D eigenvalue weighted by atomic mass is 10.0. The van der Waals surface area contributed by atoms with Crippen LogP contribution in [0.3, 0.4) is 0 Å². The topological polar surface area (TPSA) is 139 Å². The van der Waals surface area contributed by atoms with Crippen LogP contribution in [-0.2, 0) is 9.59 Å². The van der Waals surface area contributed by atoms with Gasteiger partial charge in [-0.15, -0.1) is 0 Å². The van der Waals surface area contributed by atoms with E-state index < -0.39 is 11.3 Å². The molecule has 0 saturated carbocycles. The Bertz CT molecular complexity index is 2110. The van der Waals surface area contributed by atoms with Gasteiger partial charge in [-0.1, -0.05) is 161 Å². The van der Waals surface area contributed by atoms with Crippen molar-refractivity contribution in [1.29, 1.82) is 0 Å². The van der Waals surface area contributed by atoms with Gasteiger partial charge in [0.1, 0.15) is 11.5 Å². The van der Waals surface area contributed by atoms with Crippen LogP contribution in [0.15, 0.2) is 79.1 Å². The Morgan fingerprint density at radius 3 is 1.15 bits per heavy atom. The van der Waals surface area contributed by atoms with E-state index in [0.717, 1.165) is 38.5 Å². The first-order chi connectivity index (χ1) is 30.3. The third kappa shape index (κ3) is 16.3. The van der Waals surface area contributed by atoms with Crippen molar-refractivity contribution in [2.75, 3.05) is 0 Å². The van der Waals surface area contributed by atoms with E-state index in [2.05, 4.69) is 23.8 Å². The van der Waals surface area contributed by atoms with Crippen molar-refractivity contribution >= 4 is 33.7 Å². The lowest BCUT2D eigenvalue weighted by Gasteiger charge is -2.08. The molecule has 0 aliphatic rings. The van der Waals surface area contributed by atoms with Gasteiger partial charge in [-0.25, -0.2) is 19.6 Å². The maximum atomic E-state index is 13.1. The Balaban J connectivity index is 1.08. The maximum absolute atomic E-state index is 13.1. The molecule has 62 heavy (non-hydrogen) atoms. The number of hydrogen-bond acceptors (Lipinski definition) is 10. The van der Waals surface area contributed by atoms with E-state index >= 15 is 0 Å². The molecule has 10 nitrogen and oxygen atoms in total. The van der Waals surface area contributed by atoms with E-state index in [-0.39, 0.29) is 46.0 Å². The number of unbranched alkanes of at least 4 members (excludes halogenated alkanes) is 22. The second kappa shape index (κ2) is 27.0. The standard InChI is InChI=1S/C52H68N2O8/c1-3-5-7-9-11-13-15-17-19-21-23-25-30-47(55)59-41-32-34-45-43(37-41)51(57)61-49(53-45)39-28-27-29-40(36-39)50-54-46-35-33-42(38-44(46)52(58)62-50)60-48(56)31-26-24-22-20-18-16-14-12-10-8-6-4-2/h27-29,32-38H,3-26,30-31H2,1-2H3. The van der Waals surface area contributed by atoms with Crippen LogP contribution >= 0.6 is 0 Å². The SMILES string of the molecule is CCCCCCCCCCCCCCC(=O)Oc1ccc2nc(-c3cccc(-c4nc5ccc(OC(=O)CCCCCCCCCCCCCC)cc5c(=O)o4)c3)oc(=O)c2c1. The molecule has 5 rings (SSSR count). The Morgan fingerprint density at radius 2 is 0.790 bits per heavy atom. The van der Waals surface area contributed by atoms with Gasteiger partial charge < -0.3 is 18.3 Å². The molecule has 0 bridgehead atoms. The van der Waals surface area contributed by atoms with E-state index in [0.29, 0.717) is 35.0 Å². The van der Waals surface area contributed by atoms with Gasteiger partial charge in [0.15, 0.2) is 0 Å². The summed E-state index contributed by atoms with van der Waals surface area (Å²) in [5.74, 6) is 0.00408. The minimum absolute atomic E-state index is 0.0687. The molecule has 3 aromatic carbocycles. The summed E-state index contributed by atoms with van der Waals surface area (Å²) in [5, 5.41) is 0.384. The van der Waals surface area contributed by atoms with Crippen LogP contribution in [-0.4, -0.2) is 21.9 Å². The van der Waals surface area contributed by atoms with Gasteiger partial charge in [-0.2, -0.15) is 0 Å². The zero-order chi connectivity index (χ0) is 43.8. The van der Waals surface area contributed by atoms with E-state index in [9.17, 15) is 19.2 Å². The van der Waals surface area contributed by atoms with Gasteiger partial charge in [-0.3, -0.25) is 9.59 Å². The molecule has 0 amide bonds. The maximum Gasteiger partial charge on any atom is 0.347 e. The van der Waals surface area contributed by atoms with Crippen molar-refractivity contribution in [3.05, 3.63) is 81.5 Å². The molecule has 5 aromatic rings. The highest BCUT2D eigenvalue weighted by Crippen LogP contribution is 2.28. The summed E-state index contributed by atoms with van der Waals surface area (Å²) in [5.41, 5.74) is 0.441. The Morgan fingerprint density at radius 1 is 0.452 bits per heavy atom. The van der Waals surface area contributed by atoms with Gasteiger partial charge in [0.25, 0.3) is 0 Å². The van der Waals surface area contributed by atoms with Crippen LogP contribution in [0.5, 0.6) is 11.5 Å². The highest BCUT2D eigenvalue weighted by molar-refractivity contribution is 5.83. The van der Waals surface area contributed by atoms with E-state index in [1.165, 1.54) is 128 Å². The molecular weight excluding hydrogens is 781 g/mol. The molecule has 0 atom stereocenters. The minimum Gasteiger partial charge on any atom is -0.427 e. The number of rotatable bonds is 30. The Hall–Kier alpha value is -5.12. The van der Waals surface area contributed by atoms with Gasteiger partial charge >= 0.3 is 23.2 Å². The number of ether oxygens (including phenoxy) is 2. The van der Waals surface area contributed by atoms with E-state index in [4.69, 9.17) is 18.3 Å². The first kappa shape index (κ1) is 47.9. The number of fused-ring (bicyclic) bond motifs is 2. The van der Waals surface area contributed by atoms with Crippen LogP contribution in [0.25, 0.3) is 44.7 Å². The molecule has 2 heterocycles. The molecule has 0 aliphatic carbocycles. The molecule has 0 radical (unpaired) electrons. The third-order valence-electron chi connectivity index (χ3n) is 11.5. The summed E-state index contributed by atoms with van der Waals surface area (Å²) < 4.78 is 22.3. The molecule has 0 aliphatic heterocycles. The van der Waals surface area contributed by atoms with Crippen molar-refractivity contribution in [2.24, 2.45) is 0 Å². The molecule has 0 unspecified atom stereocenters. The fourth-order valence-corrected chi connectivity index (χ4v) is 7.85. The molecule has 0 N–H and O–H groups in total. The number of carbonyl (C=O) groups is 2. The molecule has 2 aromatic heterocycles. The minimum atomic E-state index is -0.629. The van der Waals surface area contributed by atoms with Crippen LogP contribution in [0.4, 0.5) is 0 Å². The summed E-state index contributed by atoms with van der Waals surface area (Å²) in [6.45, 7) is 4.49. The van der Waals surface area contributed by atoms with Gasteiger partial charge in [0.2, 0.25) is 11.8 Å². The summed E-state index contributed by atoms with van der Waals surface area (Å²) in [7, 11) is 0. The Labute approximate surface area is 367 Å². The van der Waals surface area contributed by atoms with Crippen molar-refractivity contribution in [3.63, 3.8) is 0 Å². The zero-order valence-electron chi connectivity index (χ0n) is 37.3. The second-order valence-electron chi connectivity index (χ2n) is 16.8. The first-order valence-electron chi connectivity index (χ1n) is 23.8. The largest absolute Gasteiger partial charge is 0.427 e.